The summed E-state index contributed by atoms with van der Waals surface area (Å²) in [5.41, 5.74) is 0. The highest BCUT2D eigenvalue weighted by Crippen LogP contribution is 2.11. The lowest BCUT2D eigenvalue weighted by Crippen LogP contribution is -2.30. The van der Waals surface area contributed by atoms with Crippen molar-refractivity contribution in [2.45, 2.75) is 200 Å². The Morgan fingerprint density at radius 1 is 0.309 bits per heavy atom. The molecule has 0 spiro atoms. The molecule has 0 N–H and O–H groups in total. The van der Waals surface area contributed by atoms with Crippen LogP contribution in [0.5, 0.6) is 0 Å². The van der Waals surface area contributed by atoms with Crippen LogP contribution in [0.25, 0.3) is 0 Å². The minimum absolute atomic E-state index is 0.139. The van der Waals surface area contributed by atoms with E-state index in [9.17, 15) is 14.4 Å². The first kappa shape index (κ1) is 63.0. The molecule has 378 valence electrons. The molecular formula is C62H94O6. The molecule has 0 unspecified atom stereocenters. The molecule has 1 atom stereocenters. The van der Waals surface area contributed by atoms with Gasteiger partial charge in [-0.15, -0.1) is 0 Å². The van der Waals surface area contributed by atoms with Gasteiger partial charge in [0, 0.05) is 19.3 Å². The van der Waals surface area contributed by atoms with Gasteiger partial charge in [0.1, 0.15) is 13.2 Å². The summed E-state index contributed by atoms with van der Waals surface area (Å²) in [4.78, 5) is 38.0. The van der Waals surface area contributed by atoms with E-state index >= 15 is 0 Å². The molecule has 68 heavy (non-hydrogen) atoms. The molecule has 0 heterocycles. The van der Waals surface area contributed by atoms with E-state index in [2.05, 4.69) is 167 Å². The number of hydrogen-bond acceptors (Lipinski definition) is 6. The monoisotopic (exact) mass is 935 g/mol. The molecule has 0 rings (SSSR count). The molecule has 0 aliphatic heterocycles. The summed E-state index contributed by atoms with van der Waals surface area (Å²) in [5.74, 6) is -1.11. The third-order valence-corrected chi connectivity index (χ3v) is 10.3. The average Bonchev–Trinajstić information content (AvgIpc) is 3.34. The van der Waals surface area contributed by atoms with Crippen molar-refractivity contribution in [3.05, 3.63) is 158 Å². The summed E-state index contributed by atoms with van der Waals surface area (Å²) in [5, 5.41) is 0. The van der Waals surface area contributed by atoms with Gasteiger partial charge in [-0.3, -0.25) is 14.4 Å². The van der Waals surface area contributed by atoms with Gasteiger partial charge in [0.15, 0.2) is 6.10 Å². The van der Waals surface area contributed by atoms with Crippen LogP contribution in [-0.4, -0.2) is 37.2 Å². The van der Waals surface area contributed by atoms with Crippen LogP contribution in [0.4, 0.5) is 0 Å². The van der Waals surface area contributed by atoms with Gasteiger partial charge in [-0.1, -0.05) is 211 Å². The molecule has 0 aliphatic carbocycles. The minimum atomic E-state index is -0.852. The van der Waals surface area contributed by atoms with Crippen molar-refractivity contribution >= 4 is 17.9 Å². The van der Waals surface area contributed by atoms with E-state index in [-0.39, 0.29) is 38.0 Å². The van der Waals surface area contributed by atoms with Crippen LogP contribution in [0.1, 0.15) is 194 Å². The van der Waals surface area contributed by atoms with Gasteiger partial charge in [0.25, 0.3) is 0 Å². The highest BCUT2D eigenvalue weighted by atomic mass is 16.6. The molecule has 0 radical (unpaired) electrons. The van der Waals surface area contributed by atoms with Crippen molar-refractivity contribution in [1.82, 2.24) is 0 Å². The zero-order valence-electron chi connectivity index (χ0n) is 43.0. The molecule has 6 nitrogen and oxygen atoms in total. The van der Waals surface area contributed by atoms with Crippen molar-refractivity contribution in [3.63, 3.8) is 0 Å². The summed E-state index contributed by atoms with van der Waals surface area (Å²) in [6.45, 7) is 6.21. The van der Waals surface area contributed by atoms with E-state index in [0.29, 0.717) is 19.3 Å². The number of carbonyl (C=O) groups is 3. The molecule has 0 aromatic heterocycles. The number of esters is 3. The molecule has 0 saturated heterocycles. The molecule has 0 aliphatic rings. The Labute approximate surface area is 416 Å². The molecule has 0 fully saturated rings. The van der Waals surface area contributed by atoms with Crippen LogP contribution in [0.3, 0.4) is 0 Å². The number of hydrogen-bond donors (Lipinski definition) is 0. The maximum absolute atomic E-state index is 12.8. The first-order valence-electron chi connectivity index (χ1n) is 26.5. The zero-order valence-corrected chi connectivity index (χ0v) is 43.0. The normalized spacial score (nSPS) is 13.4. The fourth-order valence-electron chi connectivity index (χ4n) is 6.34. The SMILES string of the molecule is CC/C=C\C/C=C\C/C=C\C/C=C\C/C=C\C/C=C\CCC(=O)OC[C@@H](COC(=O)CCCCCCC/C=C\C/C=C\CCCC)OC(=O)CCC/C=C\C/C=C\C/C=C\C/C=C\C/C=C\CC. The smallest absolute Gasteiger partial charge is 0.306 e. The van der Waals surface area contributed by atoms with E-state index < -0.39 is 12.1 Å². The lowest BCUT2D eigenvalue weighted by Gasteiger charge is -2.18. The summed E-state index contributed by atoms with van der Waals surface area (Å²) >= 11 is 0. The second kappa shape index (κ2) is 54.6. The fraction of sp³-hybridized carbons (Fsp3) is 0.532. The Bertz CT molecular complexity index is 1590. The van der Waals surface area contributed by atoms with Crippen LogP contribution in [0, 0.1) is 0 Å². The lowest BCUT2D eigenvalue weighted by atomic mass is 10.1. The summed E-state index contributed by atoms with van der Waals surface area (Å²) < 4.78 is 16.7. The van der Waals surface area contributed by atoms with Gasteiger partial charge >= 0.3 is 17.9 Å². The minimum Gasteiger partial charge on any atom is -0.462 e. The summed E-state index contributed by atoms with van der Waals surface area (Å²) in [7, 11) is 0. The van der Waals surface area contributed by atoms with Crippen molar-refractivity contribution in [1.29, 1.82) is 0 Å². The first-order chi connectivity index (χ1) is 33.5. The fourth-order valence-corrected chi connectivity index (χ4v) is 6.34. The van der Waals surface area contributed by atoms with Crippen LogP contribution in [-0.2, 0) is 28.6 Å². The summed E-state index contributed by atoms with van der Waals surface area (Å²) in [6, 6.07) is 0. The lowest BCUT2D eigenvalue weighted by molar-refractivity contribution is -0.166. The van der Waals surface area contributed by atoms with Crippen LogP contribution in [0.15, 0.2) is 158 Å². The summed E-state index contributed by atoms with van der Waals surface area (Å²) in [6.07, 6.45) is 79.6. The van der Waals surface area contributed by atoms with Gasteiger partial charge in [-0.2, -0.15) is 0 Å². The van der Waals surface area contributed by atoms with Gasteiger partial charge in [0.05, 0.1) is 0 Å². The second-order valence-corrected chi connectivity index (χ2v) is 16.7. The van der Waals surface area contributed by atoms with Gasteiger partial charge in [0.2, 0.25) is 0 Å². The molecular weight excluding hydrogens is 841 g/mol. The van der Waals surface area contributed by atoms with Crippen molar-refractivity contribution < 1.29 is 28.6 Å². The first-order valence-corrected chi connectivity index (χ1v) is 26.5. The Hall–Kier alpha value is -4.97. The number of carbonyl (C=O) groups excluding carboxylic acids is 3. The predicted molar refractivity (Wildman–Crippen MR) is 292 cm³/mol. The van der Waals surface area contributed by atoms with E-state index in [4.69, 9.17) is 14.2 Å². The number of allylic oxidation sites excluding steroid dienone is 26. The highest BCUT2D eigenvalue weighted by Gasteiger charge is 2.19. The molecule has 0 amide bonds. The average molecular weight is 935 g/mol. The Morgan fingerprint density at radius 3 is 1.03 bits per heavy atom. The third-order valence-electron chi connectivity index (χ3n) is 10.3. The van der Waals surface area contributed by atoms with Gasteiger partial charge in [-0.05, 0) is 122 Å². The Balaban J connectivity index is 4.65. The predicted octanol–water partition coefficient (Wildman–Crippen LogP) is 17.8. The molecule has 0 aromatic rings. The van der Waals surface area contributed by atoms with Crippen LogP contribution in [0.2, 0.25) is 0 Å². The third kappa shape index (κ3) is 52.0. The van der Waals surface area contributed by atoms with E-state index in [0.717, 1.165) is 122 Å². The Kier molecular flexibility index (Phi) is 50.6. The van der Waals surface area contributed by atoms with Crippen LogP contribution >= 0.6 is 0 Å². The van der Waals surface area contributed by atoms with Crippen molar-refractivity contribution in [2.24, 2.45) is 0 Å². The molecule has 6 heteroatoms. The quantitative estimate of drug-likeness (QED) is 0.0262. The maximum atomic E-state index is 12.8. The van der Waals surface area contributed by atoms with E-state index in [1.165, 1.54) is 19.3 Å². The largest absolute Gasteiger partial charge is 0.462 e. The second-order valence-electron chi connectivity index (χ2n) is 16.7. The maximum Gasteiger partial charge on any atom is 0.306 e. The standard InChI is InChI=1S/C62H94O6/c1-4-7-10-13-16-19-22-25-28-30-31-33-34-37-40-43-46-49-52-55-61(64)67-58-59(57-66-60(63)54-51-48-45-42-39-36-27-24-21-18-15-12-9-6-3)68-62(65)56-53-50-47-44-41-38-35-32-29-26-23-20-17-14-11-8-5-2/h7-8,10-11,15-20,24-29,31,33,35,37-38,40,44,46-47,49,59H,4-6,9,12-14,21-23,30,32,34,36,39,41-43,45,48,50-58H2,1-3H3/b10-7-,11-8-,18-15-,19-16-,20-17-,27-24-,28-25-,29-26-,33-31-,38-35-,40-37-,47-44-,49-46-/t59-/m1/s1. The highest BCUT2D eigenvalue weighted by molar-refractivity contribution is 5.71. The van der Waals surface area contributed by atoms with Crippen LogP contribution < -0.4 is 0 Å². The molecule has 0 aromatic carbocycles. The van der Waals surface area contributed by atoms with E-state index in [1.807, 2.05) is 12.2 Å². The molecule has 0 bridgehead atoms. The zero-order chi connectivity index (χ0) is 49.3. The van der Waals surface area contributed by atoms with Crippen molar-refractivity contribution in [2.75, 3.05) is 13.2 Å². The van der Waals surface area contributed by atoms with E-state index in [1.54, 1.807) is 0 Å². The van der Waals surface area contributed by atoms with Gasteiger partial charge in [-0.25, -0.2) is 0 Å². The number of ether oxygens (including phenoxy) is 3. The molecule has 0 saturated carbocycles. The Morgan fingerprint density at radius 2 is 0.618 bits per heavy atom. The topological polar surface area (TPSA) is 78.9 Å². The van der Waals surface area contributed by atoms with Gasteiger partial charge < -0.3 is 14.2 Å². The number of rotatable bonds is 45. The number of unbranched alkanes of at least 4 members (excludes halogenated alkanes) is 8. The van der Waals surface area contributed by atoms with Crippen molar-refractivity contribution in [3.8, 4) is 0 Å².